The monoisotopic (exact) mass is 355 g/mol. The molecule has 8 heteroatoms. The average Bonchev–Trinajstić information content (AvgIpc) is 3.08. The van der Waals surface area contributed by atoms with Gasteiger partial charge in [0.1, 0.15) is 12.4 Å². The molecule has 0 spiro atoms. The second kappa shape index (κ2) is 7.81. The van der Waals surface area contributed by atoms with Gasteiger partial charge in [0, 0.05) is 12.0 Å². The van der Waals surface area contributed by atoms with E-state index in [-0.39, 0.29) is 11.8 Å². The Morgan fingerprint density at radius 2 is 2.00 bits per heavy atom. The number of fused-ring (bicyclic) bond motifs is 1. The Morgan fingerprint density at radius 3 is 2.77 bits per heavy atom. The maximum Gasteiger partial charge on any atom is 0.231 e. The van der Waals surface area contributed by atoms with Gasteiger partial charge in [0.15, 0.2) is 11.5 Å². The van der Waals surface area contributed by atoms with Crippen LogP contribution in [0.5, 0.6) is 11.6 Å². The third-order valence-corrected chi connectivity index (χ3v) is 3.76. The summed E-state index contributed by atoms with van der Waals surface area (Å²) in [4.78, 5) is 11.5. The third-order valence-electron chi connectivity index (χ3n) is 3.76. The molecular formula is C18H21N5O3. The fourth-order valence-electron chi connectivity index (χ4n) is 2.38. The number of hydrogen-bond acceptors (Lipinski definition) is 6. The molecule has 0 radical (unpaired) electrons. The quantitative estimate of drug-likeness (QED) is 0.652. The van der Waals surface area contributed by atoms with Gasteiger partial charge in [-0.3, -0.25) is 4.79 Å². The van der Waals surface area contributed by atoms with Crippen molar-refractivity contribution in [2.75, 3.05) is 20.3 Å². The summed E-state index contributed by atoms with van der Waals surface area (Å²) in [5.41, 5.74) is 1.39. The molecule has 0 bridgehead atoms. The summed E-state index contributed by atoms with van der Waals surface area (Å²) in [5.74, 6) is 1.62. The summed E-state index contributed by atoms with van der Waals surface area (Å²) < 4.78 is 12.6. The van der Waals surface area contributed by atoms with Crippen molar-refractivity contribution >= 4 is 11.6 Å². The first-order valence-electron chi connectivity index (χ1n) is 8.36. The minimum atomic E-state index is -0.0510. The van der Waals surface area contributed by atoms with E-state index in [9.17, 15) is 4.79 Å². The molecule has 26 heavy (non-hydrogen) atoms. The molecular weight excluding hydrogens is 334 g/mol. The first kappa shape index (κ1) is 17.7. The molecule has 0 saturated carbocycles. The number of hydrogen-bond donors (Lipinski definition) is 1. The van der Waals surface area contributed by atoms with Crippen molar-refractivity contribution < 1.29 is 14.3 Å². The number of para-hydroxylation sites is 1. The Balaban J connectivity index is 1.77. The first-order valence-corrected chi connectivity index (χ1v) is 8.36. The van der Waals surface area contributed by atoms with Gasteiger partial charge < -0.3 is 14.8 Å². The maximum atomic E-state index is 11.5. The zero-order valence-corrected chi connectivity index (χ0v) is 15.0. The molecule has 0 fully saturated rings. The number of ether oxygens (including phenoxy) is 2. The highest BCUT2D eigenvalue weighted by Crippen LogP contribution is 2.28. The Kier molecular flexibility index (Phi) is 5.31. The molecule has 8 nitrogen and oxygen atoms in total. The van der Waals surface area contributed by atoms with Gasteiger partial charge in [0.05, 0.1) is 19.2 Å². The van der Waals surface area contributed by atoms with Crippen molar-refractivity contribution in [1.29, 1.82) is 0 Å². The zero-order chi connectivity index (χ0) is 18.5. The van der Waals surface area contributed by atoms with E-state index >= 15 is 0 Å². The van der Waals surface area contributed by atoms with Crippen LogP contribution in [0.2, 0.25) is 0 Å². The summed E-state index contributed by atoms with van der Waals surface area (Å²) in [6, 6.07) is 11.0. The first-order chi connectivity index (χ1) is 12.6. The maximum absolute atomic E-state index is 11.5. The van der Waals surface area contributed by atoms with Crippen molar-refractivity contribution in [2.24, 2.45) is 5.92 Å². The summed E-state index contributed by atoms with van der Waals surface area (Å²) in [6.07, 6.45) is 0. The van der Waals surface area contributed by atoms with Gasteiger partial charge in [-0.15, -0.1) is 15.3 Å². The highest BCUT2D eigenvalue weighted by atomic mass is 16.5. The van der Waals surface area contributed by atoms with E-state index in [0.29, 0.717) is 36.3 Å². The van der Waals surface area contributed by atoms with Crippen LogP contribution in [0.3, 0.4) is 0 Å². The summed E-state index contributed by atoms with van der Waals surface area (Å²) >= 11 is 0. The molecule has 136 valence electrons. The highest BCUT2D eigenvalue weighted by Gasteiger charge is 2.14. The van der Waals surface area contributed by atoms with Crippen molar-refractivity contribution in [1.82, 2.24) is 25.1 Å². The van der Waals surface area contributed by atoms with E-state index in [1.165, 1.54) is 0 Å². The normalized spacial score (nSPS) is 10.9. The highest BCUT2D eigenvalue weighted by molar-refractivity contribution is 5.77. The Bertz CT molecular complexity index is 907. The fraction of sp³-hybridized carbons (Fsp3) is 0.333. The van der Waals surface area contributed by atoms with Gasteiger partial charge in [0.2, 0.25) is 11.8 Å². The molecule has 0 saturated heterocycles. The molecule has 1 amide bonds. The minimum Gasteiger partial charge on any atom is -0.496 e. The van der Waals surface area contributed by atoms with Crippen LogP contribution >= 0.6 is 0 Å². The molecule has 0 atom stereocenters. The van der Waals surface area contributed by atoms with Crippen LogP contribution in [0.15, 0.2) is 36.4 Å². The van der Waals surface area contributed by atoms with Crippen LogP contribution in [0.25, 0.3) is 17.0 Å². The summed E-state index contributed by atoms with van der Waals surface area (Å²) in [6.45, 7) is 4.43. The van der Waals surface area contributed by atoms with Gasteiger partial charge in [-0.25, -0.2) is 0 Å². The Labute approximate surface area is 151 Å². The predicted octanol–water partition coefficient (Wildman–Crippen LogP) is 1.95. The van der Waals surface area contributed by atoms with Crippen LogP contribution in [-0.4, -0.2) is 46.0 Å². The van der Waals surface area contributed by atoms with Crippen molar-refractivity contribution in [2.45, 2.75) is 13.8 Å². The van der Waals surface area contributed by atoms with Crippen LogP contribution in [0, 0.1) is 5.92 Å². The van der Waals surface area contributed by atoms with Crippen molar-refractivity contribution in [3.8, 4) is 23.0 Å². The number of amides is 1. The molecule has 3 rings (SSSR count). The van der Waals surface area contributed by atoms with Crippen LogP contribution in [0.1, 0.15) is 13.8 Å². The SMILES string of the molecule is COc1ccccc1-c1nnc2ccc(OCCNC(=O)C(C)C)nn12. The molecule has 3 aromatic rings. The Hall–Kier alpha value is -3.16. The third kappa shape index (κ3) is 3.74. The summed E-state index contributed by atoms with van der Waals surface area (Å²) in [5, 5.41) is 15.6. The van der Waals surface area contributed by atoms with Crippen LogP contribution < -0.4 is 14.8 Å². The van der Waals surface area contributed by atoms with Gasteiger partial charge in [-0.1, -0.05) is 26.0 Å². The van der Waals surface area contributed by atoms with Crippen LogP contribution in [-0.2, 0) is 4.79 Å². The smallest absolute Gasteiger partial charge is 0.231 e. The zero-order valence-electron chi connectivity index (χ0n) is 15.0. The number of carbonyl (C=O) groups excluding carboxylic acids is 1. The lowest BCUT2D eigenvalue weighted by Crippen LogP contribution is -2.31. The Morgan fingerprint density at radius 1 is 1.19 bits per heavy atom. The van der Waals surface area contributed by atoms with Crippen molar-refractivity contribution in [3.05, 3.63) is 36.4 Å². The fourth-order valence-corrected chi connectivity index (χ4v) is 2.38. The summed E-state index contributed by atoms with van der Waals surface area (Å²) in [7, 11) is 1.61. The van der Waals surface area contributed by atoms with Crippen LogP contribution in [0.4, 0.5) is 0 Å². The second-order valence-electron chi connectivity index (χ2n) is 5.96. The molecule has 2 aromatic heterocycles. The van der Waals surface area contributed by atoms with E-state index in [1.807, 2.05) is 38.1 Å². The standard InChI is InChI=1S/C18H21N5O3/c1-12(2)18(24)19-10-11-26-16-9-8-15-20-21-17(23(15)22-16)13-6-4-5-7-14(13)25-3/h4-9,12H,10-11H2,1-3H3,(H,19,24). The lowest BCUT2D eigenvalue weighted by atomic mass is 10.2. The number of rotatable bonds is 7. The van der Waals surface area contributed by atoms with Gasteiger partial charge >= 0.3 is 0 Å². The number of nitrogens with zero attached hydrogens (tertiary/aromatic N) is 4. The van der Waals surface area contributed by atoms with E-state index in [4.69, 9.17) is 9.47 Å². The largest absolute Gasteiger partial charge is 0.496 e. The minimum absolute atomic E-state index is 0.00530. The van der Waals surface area contributed by atoms with Crippen molar-refractivity contribution in [3.63, 3.8) is 0 Å². The molecule has 1 N–H and O–H groups in total. The second-order valence-corrected chi connectivity index (χ2v) is 5.96. The molecule has 0 aliphatic carbocycles. The van der Waals surface area contributed by atoms with E-state index < -0.39 is 0 Å². The topological polar surface area (TPSA) is 90.6 Å². The number of methoxy groups -OCH3 is 1. The van der Waals surface area contributed by atoms with E-state index in [0.717, 1.165) is 5.56 Å². The van der Waals surface area contributed by atoms with E-state index in [2.05, 4.69) is 20.6 Å². The molecule has 0 aliphatic heterocycles. The van der Waals surface area contributed by atoms with Gasteiger partial charge in [-0.05, 0) is 18.2 Å². The number of carbonyl (C=O) groups is 1. The lowest BCUT2D eigenvalue weighted by molar-refractivity contribution is -0.124. The molecule has 2 heterocycles. The van der Waals surface area contributed by atoms with E-state index in [1.54, 1.807) is 23.8 Å². The molecule has 1 aromatic carbocycles. The molecule has 0 aliphatic rings. The molecule has 0 unspecified atom stereocenters. The lowest BCUT2D eigenvalue weighted by Gasteiger charge is -2.09. The average molecular weight is 355 g/mol. The predicted molar refractivity (Wildman–Crippen MR) is 96.1 cm³/mol. The number of nitrogens with one attached hydrogen (secondary N) is 1. The van der Waals surface area contributed by atoms with Gasteiger partial charge in [0.25, 0.3) is 0 Å². The van der Waals surface area contributed by atoms with Gasteiger partial charge in [-0.2, -0.15) is 4.52 Å². The number of aromatic nitrogens is 4. The number of benzene rings is 1.